The van der Waals surface area contributed by atoms with Crippen LogP contribution >= 0.6 is 0 Å². The lowest BCUT2D eigenvalue weighted by Crippen LogP contribution is -2.42. The van der Waals surface area contributed by atoms with Gasteiger partial charge in [-0.25, -0.2) is 4.79 Å². The van der Waals surface area contributed by atoms with Crippen LogP contribution in [-0.2, 0) is 46.6 Å². The van der Waals surface area contributed by atoms with Crippen LogP contribution in [0.25, 0.3) is 0 Å². The molecule has 0 N–H and O–H groups in total. The second-order valence-electron chi connectivity index (χ2n) is 9.76. The fourth-order valence-corrected chi connectivity index (χ4v) is 5.66. The van der Waals surface area contributed by atoms with Gasteiger partial charge in [-0.3, -0.25) is 9.59 Å². The van der Waals surface area contributed by atoms with Crippen molar-refractivity contribution in [3.63, 3.8) is 0 Å². The van der Waals surface area contributed by atoms with Crippen LogP contribution in [0.3, 0.4) is 0 Å². The van der Waals surface area contributed by atoms with E-state index in [0.717, 1.165) is 51.4 Å². The smallest absolute Gasteiger partial charge is 0.466 e. The molecule has 0 saturated heterocycles. The highest BCUT2D eigenvalue weighted by Gasteiger charge is 2.36. The minimum absolute atomic E-state index is 0.144. The van der Waals surface area contributed by atoms with E-state index in [4.69, 9.17) is 32.2 Å². The quantitative estimate of drug-likeness (QED) is 0.0378. The summed E-state index contributed by atoms with van der Waals surface area (Å²) < 4.78 is 37.0. The number of hydrogen-bond acceptors (Lipinski definition) is 10. The summed E-state index contributed by atoms with van der Waals surface area (Å²) in [4.78, 5) is 34.8. The molecule has 234 valence electrons. The molecule has 0 saturated carbocycles. The Kier molecular flexibility index (Phi) is 25.0. The summed E-state index contributed by atoms with van der Waals surface area (Å²) >= 11 is 0. The first-order valence-corrected chi connectivity index (χ1v) is 16.6. The predicted molar refractivity (Wildman–Crippen MR) is 155 cm³/mol. The topological polar surface area (TPSA) is 116 Å². The van der Waals surface area contributed by atoms with Gasteiger partial charge >= 0.3 is 26.7 Å². The molecule has 10 nitrogen and oxygen atoms in total. The molecule has 0 aromatic heterocycles. The molecular formula is C29H54O10Si. The lowest BCUT2D eigenvalue weighted by atomic mass is 10.1. The third-order valence-electron chi connectivity index (χ3n) is 6.34. The van der Waals surface area contributed by atoms with Crippen molar-refractivity contribution in [1.82, 2.24) is 0 Å². The summed E-state index contributed by atoms with van der Waals surface area (Å²) in [6, 6.07) is 0.689. The number of carbonyl (C=O) groups excluding carboxylic acids is 3. The molecule has 0 unspecified atom stereocenters. The van der Waals surface area contributed by atoms with Crippen molar-refractivity contribution in [2.75, 3.05) is 54.4 Å². The maximum Gasteiger partial charge on any atom is 0.500 e. The first-order chi connectivity index (χ1) is 19.3. The zero-order valence-corrected chi connectivity index (χ0v) is 26.4. The SMILES string of the molecule is C=C(C)C(=O)OCCOCCCC(=O)OCCCCCCCCCCCOC(=O)CCCC[Si](OC)(OC)OC. The molecule has 0 aliphatic carbocycles. The molecular weight excluding hydrogens is 536 g/mol. The van der Waals surface area contributed by atoms with Crippen LogP contribution in [0.4, 0.5) is 0 Å². The lowest BCUT2D eigenvalue weighted by Gasteiger charge is -2.24. The van der Waals surface area contributed by atoms with Crippen molar-refractivity contribution in [3.8, 4) is 0 Å². The van der Waals surface area contributed by atoms with E-state index in [-0.39, 0.29) is 18.5 Å². The number of hydrogen-bond donors (Lipinski definition) is 0. The van der Waals surface area contributed by atoms with E-state index in [1.54, 1.807) is 28.3 Å². The Balaban J connectivity index is 3.39. The highest BCUT2D eigenvalue weighted by molar-refractivity contribution is 6.60. The number of unbranched alkanes of at least 4 members (excludes halogenated alkanes) is 9. The van der Waals surface area contributed by atoms with Gasteiger partial charge in [0.25, 0.3) is 0 Å². The molecule has 0 spiro atoms. The Morgan fingerprint density at radius 1 is 0.550 bits per heavy atom. The summed E-state index contributed by atoms with van der Waals surface area (Å²) in [5.74, 6) is -0.772. The fourth-order valence-electron chi connectivity index (χ4n) is 3.86. The average molecular weight is 591 g/mol. The standard InChI is InChI=1S/C29H54O10Si/c1-26(2)29(32)39-24-23-36-20-17-19-28(31)38-22-15-12-10-8-6-7-9-11-14-21-37-27(30)18-13-16-25-40(33-3,34-4)35-5/h1,6-25H2,2-5H3. The van der Waals surface area contributed by atoms with Crippen molar-refractivity contribution < 1.29 is 46.6 Å². The van der Waals surface area contributed by atoms with Crippen LogP contribution in [0.15, 0.2) is 12.2 Å². The highest BCUT2D eigenvalue weighted by atomic mass is 28.4. The number of ether oxygens (including phenoxy) is 4. The molecule has 0 fully saturated rings. The molecule has 0 rings (SSSR count). The van der Waals surface area contributed by atoms with E-state index in [1.807, 2.05) is 0 Å². The van der Waals surface area contributed by atoms with Crippen molar-refractivity contribution in [1.29, 1.82) is 0 Å². The minimum atomic E-state index is -2.55. The summed E-state index contributed by atoms with van der Waals surface area (Å²) in [5, 5.41) is 0. The van der Waals surface area contributed by atoms with Gasteiger partial charge in [-0.15, -0.1) is 0 Å². The lowest BCUT2D eigenvalue weighted by molar-refractivity contribution is -0.145. The molecule has 0 heterocycles. The molecule has 0 radical (unpaired) electrons. The first kappa shape index (κ1) is 38.2. The van der Waals surface area contributed by atoms with E-state index in [0.29, 0.717) is 57.3 Å². The van der Waals surface area contributed by atoms with Crippen molar-refractivity contribution in [3.05, 3.63) is 12.2 Å². The van der Waals surface area contributed by atoms with Crippen LogP contribution in [0.1, 0.15) is 96.8 Å². The van der Waals surface area contributed by atoms with Crippen LogP contribution < -0.4 is 0 Å². The van der Waals surface area contributed by atoms with Gasteiger partial charge in [-0.2, -0.15) is 0 Å². The number of carbonyl (C=O) groups is 3. The van der Waals surface area contributed by atoms with E-state index in [2.05, 4.69) is 6.58 Å². The Morgan fingerprint density at radius 2 is 1.02 bits per heavy atom. The van der Waals surface area contributed by atoms with Gasteiger partial charge < -0.3 is 32.2 Å². The van der Waals surface area contributed by atoms with Gasteiger partial charge in [0.05, 0.1) is 19.8 Å². The minimum Gasteiger partial charge on any atom is -0.466 e. The average Bonchev–Trinajstić information content (AvgIpc) is 2.95. The summed E-state index contributed by atoms with van der Waals surface area (Å²) in [6.07, 6.45) is 12.6. The Morgan fingerprint density at radius 3 is 1.50 bits per heavy atom. The zero-order valence-electron chi connectivity index (χ0n) is 25.4. The fraction of sp³-hybridized carbons (Fsp3) is 0.828. The molecule has 0 aromatic rings. The van der Waals surface area contributed by atoms with Gasteiger partial charge in [0, 0.05) is 52.4 Å². The molecule has 0 atom stereocenters. The summed E-state index contributed by atoms with van der Waals surface area (Å²) in [5.41, 5.74) is 0.359. The molecule has 40 heavy (non-hydrogen) atoms. The molecule has 0 amide bonds. The van der Waals surface area contributed by atoms with Crippen LogP contribution in [0, 0.1) is 0 Å². The molecule has 0 bridgehead atoms. The monoisotopic (exact) mass is 590 g/mol. The van der Waals surface area contributed by atoms with Crippen molar-refractivity contribution >= 4 is 26.7 Å². The van der Waals surface area contributed by atoms with E-state index >= 15 is 0 Å². The zero-order chi connectivity index (χ0) is 29.9. The Bertz CT molecular complexity index is 673. The van der Waals surface area contributed by atoms with E-state index in [1.165, 1.54) is 19.3 Å². The largest absolute Gasteiger partial charge is 0.500 e. The normalized spacial score (nSPS) is 11.3. The summed E-state index contributed by atoms with van der Waals surface area (Å²) in [7, 11) is 2.23. The highest BCUT2D eigenvalue weighted by Crippen LogP contribution is 2.17. The van der Waals surface area contributed by atoms with Gasteiger partial charge in [0.15, 0.2) is 0 Å². The maximum atomic E-state index is 11.9. The van der Waals surface area contributed by atoms with E-state index in [9.17, 15) is 14.4 Å². The van der Waals surface area contributed by atoms with Crippen LogP contribution in [0.5, 0.6) is 0 Å². The summed E-state index contributed by atoms with van der Waals surface area (Å²) in [6.45, 7) is 6.95. The second kappa shape index (κ2) is 26.1. The van der Waals surface area contributed by atoms with Crippen LogP contribution in [-0.4, -0.2) is 81.1 Å². The second-order valence-corrected chi connectivity index (χ2v) is 12.8. The Hall–Kier alpha value is -1.79. The van der Waals surface area contributed by atoms with Gasteiger partial charge in [0.1, 0.15) is 6.61 Å². The first-order valence-electron chi connectivity index (χ1n) is 14.7. The third kappa shape index (κ3) is 22.0. The molecule has 11 heteroatoms. The van der Waals surface area contributed by atoms with Crippen LogP contribution in [0.2, 0.25) is 6.04 Å². The number of rotatable bonds is 28. The molecule has 0 aliphatic heterocycles. The van der Waals surface area contributed by atoms with Gasteiger partial charge in [-0.1, -0.05) is 51.5 Å². The number of esters is 3. The van der Waals surface area contributed by atoms with Gasteiger partial charge in [0.2, 0.25) is 0 Å². The van der Waals surface area contributed by atoms with Gasteiger partial charge in [-0.05, 0) is 39.0 Å². The molecule has 0 aromatic carbocycles. The van der Waals surface area contributed by atoms with Crippen molar-refractivity contribution in [2.45, 2.75) is 103 Å². The third-order valence-corrected chi connectivity index (χ3v) is 9.17. The maximum absolute atomic E-state index is 11.9. The van der Waals surface area contributed by atoms with E-state index < -0.39 is 14.8 Å². The molecule has 0 aliphatic rings. The Labute approximate surface area is 242 Å². The van der Waals surface area contributed by atoms with Crippen molar-refractivity contribution in [2.24, 2.45) is 0 Å². The predicted octanol–water partition coefficient (Wildman–Crippen LogP) is 5.55.